The van der Waals surface area contributed by atoms with E-state index >= 15 is 0 Å². The number of carboxylic acids is 1. The van der Waals surface area contributed by atoms with Gasteiger partial charge in [0.25, 0.3) is 0 Å². The molecular weight excluding hydrogens is 218 g/mol. The molecule has 0 aromatic carbocycles. The quantitative estimate of drug-likeness (QED) is 0.697. The summed E-state index contributed by atoms with van der Waals surface area (Å²) in [6.07, 6.45) is 7.33. The molecule has 1 unspecified atom stereocenters. The molecule has 1 atom stereocenters. The van der Waals surface area contributed by atoms with Crippen LogP contribution in [0.5, 0.6) is 0 Å². The summed E-state index contributed by atoms with van der Waals surface area (Å²) >= 11 is 0. The molecule has 1 aliphatic carbocycles. The van der Waals surface area contributed by atoms with E-state index in [-0.39, 0.29) is 12.3 Å². The van der Waals surface area contributed by atoms with Crippen LogP contribution in [0.3, 0.4) is 0 Å². The van der Waals surface area contributed by atoms with E-state index in [9.17, 15) is 9.59 Å². The van der Waals surface area contributed by atoms with Crippen molar-refractivity contribution in [3.8, 4) is 0 Å². The zero-order valence-corrected chi connectivity index (χ0v) is 10.5. The molecule has 0 aliphatic heterocycles. The highest BCUT2D eigenvalue weighted by Crippen LogP contribution is 2.21. The van der Waals surface area contributed by atoms with Gasteiger partial charge >= 0.3 is 5.97 Å². The Hall–Kier alpha value is -1.32. The molecule has 1 amide bonds. The van der Waals surface area contributed by atoms with E-state index in [1.54, 1.807) is 0 Å². The van der Waals surface area contributed by atoms with Crippen LogP contribution in [0.1, 0.15) is 46.0 Å². The molecule has 17 heavy (non-hydrogen) atoms. The van der Waals surface area contributed by atoms with Crippen LogP contribution in [0.15, 0.2) is 12.2 Å². The monoisotopic (exact) mass is 239 g/mol. The van der Waals surface area contributed by atoms with Gasteiger partial charge in [0, 0.05) is 18.4 Å². The van der Waals surface area contributed by atoms with Gasteiger partial charge in [0.2, 0.25) is 5.91 Å². The van der Waals surface area contributed by atoms with Crippen molar-refractivity contribution in [1.82, 2.24) is 5.32 Å². The van der Waals surface area contributed by atoms with Gasteiger partial charge < -0.3 is 10.4 Å². The smallest absolute Gasteiger partial charge is 0.303 e. The zero-order chi connectivity index (χ0) is 12.9. The van der Waals surface area contributed by atoms with Crippen LogP contribution in [0.4, 0.5) is 0 Å². The third-order valence-corrected chi connectivity index (χ3v) is 3.00. The molecule has 0 aromatic rings. The number of hydrogen-bond donors (Lipinski definition) is 2. The molecule has 0 fully saturated rings. The second kappa shape index (κ2) is 5.84. The molecule has 0 aromatic heterocycles. The molecule has 4 heteroatoms. The van der Waals surface area contributed by atoms with Crippen molar-refractivity contribution in [2.24, 2.45) is 5.92 Å². The van der Waals surface area contributed by atoms with E-state index in [1.807, 2.05) is 13.8 Å². The Morgan fingerprint density at radius 3 is 2.71 bits per heavy atom. The Morgan fingerprint density at radius 1 is 1.47 bits per heavy atom. The first-order valence-electron chi connectivity index (χ1n) is 6.08. The van der Waals surface area contributed by atoms with Gasteiger partial charge in [-0.25, -0.2) is 0 Å². The summed E-state index contributed by atoms with van der Waals surface area (Å²) < 4.78 is 0. The first-order chi connectivity index (χ1) is 7.89. The SMILES string of the molecule is CC(C)(CCC(=O)O)NC(=O)CC1C=CCC1. The number of amides is 1. The maximum absolute atomic E-state index is 11.8. The number of rotatable bonds is 6. The van der Waals surface area contributed by atoms with E-state index < -0.39 is 11.5 Å². The number of carbonyl (C=O) groups excluding carboxylic acids is 1. The molecule has 0 saturated carbocycles. The maximum Gasteiger partial charge on any atom is 0.303 e. The summed E-state index contributed by atoms with van der Waals surface area (Å²) in [5.74, 6) is -0.465. The van der Waals surface area contributed by atoms with Gasteiger partial charge in [0.15, 0.2) is 0 Å². The number of nitrogens with one attached hydrogen (secondary N) is 1. The van der Waals surface area contributed by atoms with E-state index in [4.69, 9.17) is 5.11 Å². The first-order valence-corrected chi connectivity index (χ1v) is 6.08. The zero-order valence-electron chi connectivity index (χ0n) is 10.5. The summed E-state index contributed by atoms with van der Waals surface area (Å²) in [6.45, 7) is 3.72. The largest absolute Gasteiger partial charge is 0.481 e. The molecular formula is C13H21NO3. The Balaban J connectivity index is 2.32. The molecule has 4 nitrogen and oxygen atoms in total. The molecule has 0 bridgehead atoms. The highest BCUT2D eigenvalue weighted by atomic mass is 16.4. The predicted molar refractivity (Wildman–Crippen MR) is 65.6 cm³/mol. The number of hydrogen-bond acceptors (Lipinski definition) is 2. The standard InChI is InChI=1S/C13H21NO3/c1-13(2,8-7-12(16)17)14-11(15)9-10-5-3-4-6-10/h3,5,10H,4,6-9H2,1-2H3,(H,14,15)(H,16,17). The fourth-order valence-corrected chi connectivity index (χ4v) is 2.01. The van der Waals surface area contributed by atoms with Crippen molar-refractivity contribution in [2.75, 3.05) is 0 Å². The normalized spacial score (nSPS) is 19.3. The highest BCUT2D eigenvalue weighted by molar-refractivity contribution is 5.77. The second-order valence-corrected chi connectivity index (χ2v) is 5.30. The van der Waals surface area contributed by atoms with Crippen LogP contribution >= 0.6 is 0 Å². The Labute approximate surface area is 102 Å². The molecule has 0 spiro atoms. The van der Waals surface area contributed by atoms with Crippen LogP contribution in [-0.2, 0) is 9.59 Å². The van der Waals surface area contributed by atoms with Gasteiger partial charge in [0.1, 0.15) is 0 Å². The van der Waals surface area contributed by atoms with E-state index in [0.29, 0.717) is 18.8 Å². The third-order valence-electron chi connectivity index (χ3n) is 3.00. The molecule has 0 radical (unpaired) electrons. The fourth-order valence-electron chi connectivity index (χ4n) is 2.01. The van der Waals surface area contributed by atoms with Crippen molar-refractivity contribution in [3.05, 3.63) is 12.2 Å². The van der Waals surface area contributed by atoms with Crippen LogP contribution in [0.25, 0.3) is 0 Å². The van der Waals surface area contributed by atoms with Gasteiger partial charge in [-0.1, -0.05) is 12.2 Å². The van der Waals surface area contributed by atoms with Gasteiger partial charge in [-0.2, -0.15) is 0 Å². The van der Waals surface area contributed by atoms with Gasteiger partial charge in [-0.05, 0) is 39.0 Å². The lowest BCUT2D eigenvalue weighted by Gasteiger charge is -2.26. The minimum absolute atomic E-state index is 0.0111. The summed E-state index contributed by atoms with van der Waals surface area (Å²) in [7, 11) is 0. The van der Waals surface area contributed by atoms with Crippen molar-refractivity contribution >= 4 is 11.9 Å². The molecule has 2 N–H and O–H groups in total. The van der Waals surface area contributed by atoms with Gasteiger partial charge in [0.05, 0.1) is 0 Å². The second-order valence-electron chi connectivity index (χ2n) is 5.30. The lowest BCUT2D eigenvalue weighted by molar-refractivity contribution is -0.137. The summed E-state index contributed by atoms with van der Waals surface area (Å²) in [5.41, 5.74) is -0.447. The number of carboxylic acid groups (broad SMARTS) is 1. The van der Waals surface area contributed by atoms with Gasteiger partial charge in [-0.3, -0.25) is 9.59 Å². The van der Waals surface area contributed by atoms with Crippen LogP contribution in [-0.4, -0.2) is 22.5 Å². The molecule has 96 valence electrons. The minimum Gasteiger partial charge on any atom is -0.481 e. The molecule has 1 rings (SSSR count). The number of allylic oxidation sites excluding steroid dienone is 2. The van der Waals surface area contributed by atoms with Crippen molar-refractivity contribution < 1.29 is 14.7 Å². The van der Waals surface area contributed by atoms with Crippen LogP contribution < -0.4 is 5.32 Å². The summed E-state index contributed by atoms with van der Waals surface area (Å²) in [5, 5.41) is 11.5. The van der Waals surface area contributed by atoms with Crippen LogP contribution in [0, 0.1) is 5.92 Å². The topological polar surface area (TPSA) is 66.4 Å². The fraction of sp³-hybridized carbons (Fsp3) is 0.692. The van der Waals surface area contributed by atoms with Gasteiger partial charge in [-0.15, -0.1) is 0 Å². The lowest BCUT2D eigenvalue weighted by atomic mass is 9.97. The number of aliphatic carboxylic acids is 1. The Morgan fingerprint density at radius 2 is 2.18 bits per heavy atom. The maximum atomic E-state index is 11.8. The Bertz CT molecular complexity index is 321. The third kappa shape index (κ3) is 5.52. The van der Waals surface area contributed by atoms with E-state index in [0.717, 1.165) is 12.8 Å². The predicted octanol–water partition coefficient (Wildman–Crippen LogP) is 2.10. The molecule has 0 saturated heterocycles. The van der Waals surface area contributed by atoms with Crippen molar-refractivity contribution in [1.29, 1.82) is 0 Å². The summed E-state index contributed by atoms with van der Waals surface area (Å²) in [6, 6.07) is 0. The van der Waals surface area contributed by atoms with Crippen molar-refractivity contribution in [2.45, 2.75) is 51.5 Å². The van der Waals surface area contributed by atoms with E-state index in [1.165, 1.54) is 0 Å². The lowest BCUT2D eigenvalue weighted by Crippen LogP contribution is -2.44. The minimum atomic E-state index is -0.828. The Kier molecular flexibility index (Phi) is 4.73. The molecule has 1 aliphatic rings. The van der Waals surface area contributed by atoms with Crippen LogP contribution in [0.2, 0.25) is 0 Å². The average molecular weight is 239 g/mol. The highest BCUT2D eigenvalue weighted by Gasteiger charge is 2.23. The first kappa shape index (κ1) is 13.7. The molecule has 0 heterocycles. The van der Waals surface area contributed by atoms with Crippen molar-refractivity contribution in [3.63, 3.8) is 0 Å². The summed E-state index contributed by atoms with van der Waals surface area (Å²) in [4.78, 5) is 22.3. The van der Waals surface area contributed by atoms with E-state index in [2.05, 4.69) is 17.5 Å². The number of carbonyl (C=O) groups is 2. The average Bonchev–Trinajstić information content (AvgIpc) is 2.66.